The van der Waals surface area contributed by atoms with Gasteiger partial charge in [0.1, 0.15) is 0 Å². The molecule has 1 aromatic carbocycles. The van der Waals surface area contributed by atoms with Crippen LogP contribution in [0.25, 0.3) is 0 Å². The third-order valence-electron chi connectivity index (χ3n) is 3.34. The lowest BCUT2D eigenvalue weighted by Gasteiger charge is -2.30. The molecule has 0 radical (unpaired) electrons. The number of halogens is 1. The molecule has 1 aliphatic rings. The zero-order valence-electron chi connectivity index (χ0n) is 13.0. The number of ether oxygens (including phenoxy) is 2. The molecule has 0 amide bonds. The van der Waals surface area contributed by atoms with Gasteiger partial charge in [0.05, 0.1) is 4.90 Å². The molecule has 126 valence electrons. The van der Waals surface area contributed by atoms with Gasteiger partial charge in [-0.2, -0.15) is 0 Å². The van der Waals surface area contributed by atoms with E-state index < -0.39 is 15.6 Å². The monoisotopic (exact) mass is 350 g/mol. The van der Waals surface area contributed by atoms with Crippen molar-refractivity contribution in [2.24, 2.45) is 11.7 Å². The largest absolute Gasteiger partial charge is 0.454 e. The summed E-state index contributed by atoms with van der Waals surface area (Å²) in [4.78, 5) is 0.148. The number of sulfonamides is 1. The van der Waals surface area contributed by atoms with Crippen molar-refractivity contribution < 1.29 is 17.9 Å². The minimum atomic E-state index is -3.66. The van der Waals surface area contributed by atoms with Crippen molar-refractivity contribution in [1.29, 1.82) is 0 Å². The molecule has 0 saturated heterocycles. The Hall–Kier alpha value is -1.02. The Morgan fingerprint density at radius 2 is 1.95 bits per heavy atom. The molecule has 3 N–H and O–H groups in total. The normalized spacial score (nSPS) is 16.2. The van der Waals surface area contributed by atoms with Gasteiger partial charge in [0, 0.05) is 18.2 Å². The van der Waals surface area contributed by atoms with Crippen LogP contribution in [0.1, 0.15) is 27.2 Å². The van der Waals surface area contributed by atoms with Gasteiger partial charge in [-0.15, -0.1) is 12.4 Å². The molecule has 1 aromatic rings. The minimum absolute atomic E-state index is 0. The lowest BCUT2D eigenvalue weighted by molar-refractivity contribution is 0.174. The van der Waals surface area contributed by atoms with Gasteiger partial charge in [-0.05, 0) is 31.4 Å². The molecular formula is C14H23ClN2O4S. The maximum atomic E-state index is 12.5. The van der Waals surface area contributed by atoms with Gasteiger partial charge in [0.15, 0.2) is 11.5 Å². The molecule has 0 aromatic heterocycles. The van der Waals surface area contributed by atoms with Crippen LogP contribution in [0.15, 0.2) is 23.1 Å². The predicted molar refractivity (Wildman–Crippen MR) is 87.0 cm³/mol. The van der Waals surface area contributed by atoms with E-state index in [9.17, 15) is 8.42 Å². The zero-order chi connectivity index (χ0) is 15.7. The van der Waals surface area contributed by atoms with Crippen LogP contribution >= 0.6 is 12.4 Å². The van der Waals surface area contributed by atoms with Crippen LogP contribution in [0.5, 0.6) is 11.5 Å². The zero-order valence-corrected chi connectivity index (χ0v) is 14.6. The van der Waals surface area contributed by atoms with Gasteiger partial charge < -0.3 is 15.2 Å². The number of hydrogen-bond acceptors (Lipinski definition) is 5. The van der Waals surface area contributed by atoms with E-state index in [1.54, 1.807) is 6.07 Å². The fraction of sp³-hybridized carbons (Fsp3) is 0.571. The van der Waals surface area contributed by atoms with E-state index in [2.05, 4.69) is 4.72 Å². The highest BCUT2D eigenvalue weighted by Crippen LogP contribution is 2.34. The second-order valence-corrected chi connectivity index (χ2v) is 7.67. The van der Waals surface area contributed by atoms with Crippen LogP contribution < -0.4 is 19.9 Å². The highest BCUT2D eigenvalue weighted by Gasteiger charge is 2.31. The number of fused-ring (bicyclic) bond motifs is 1. The summed E-state index contributed by atoms with van der Waals surface area (Å²) in [6.07, 6.45) is 0.660. The van der Waals surface area contributed by atoms with E-state index in [1.807, 2.05) is 20.8 Å². The Morgan fingerprint density at radius 3 is 2.55 bits per heavy atom. The van der Waals surface area contributed by atoms with Gasteiger partial charge in [0.25, 0.3) is 0 Å². The van der Waals surface area contributed by atoms with E-state index >= 15 is 0 Å². The molecule has 1 atom stereocenters. The van der Waals surface area contributed by atoms with Crippen LogP contribution in [0.3, 0.4) is 0 Å². The first-order valence-corrected chi connectivity index (χ1v) is 8.38. The molecule has 8 heteroatoms. The second-order valence-electron chi connectivity index (χ2n) is 5.98. The fourth-order valence-corrected chi connectivity index (χ4v) is 3.94. The number of benzene rings is 1. The molecule has 1 heterocycles. The van der Waals surface area contributed by atoms with Crippen molar-refractivity contribution in [2.45, 2.75) is 37.6 Å². The quantitative estimate of drug-likeness (QED) is 0.817. The van der Waals surface area contributed by atoms with Crippen molar-refractivity contribution in [3.05, 3.63) is 18.2 Å². The van der Waals surface area contributed by atoms with Gasteiger partial charge in [-0.25, -0.2) is 13.1 Å². The molecule has 22 heavy (non-hydrogen) atoms. The maximum Gasteiger partial charge on any atom is 0.241 e. The molecule has 6 nitrogen and oxygen atoms in total. The Kier molecular flexibility index (Phi) is 6.09. The summed E-state index contributed by atoms with van der Waals surface area (Å²) in [6.45, 7) is 6.22. The van der Waals surface area contributed by atoms with Crippen molar-refractivity contribution >= 4 is 22.4 Å². The van der Waals surface area contributed by atoms with E-state index in [-0.39, 0.29) is 30.6 Å². The van der Waals surface area contributed by atoms with Crippen LogP contribution in [-0.4, -0.2) is 27.3 Å². The Bertz CT molecular complexity index is 621. The third kappa shape index (κ3) is 4.25. The molecule has 0 bridgehead atoms. The Labute approximate surface area is 137 Å². The minimum Gasteiger partial charge on any atom is -0.454 e. The van der Waals surface area contributed by atoms with Crippen LogP contribution in [0, 0.1) is 5.92 Å². The van der Waals surface area contributed by atoms with Crippen molar-refractivity contribution in [2.75, 3.05) is 13.3 Å². The first-order chi connectivity index (χ1) is 9.76. The first kappa shape index (κ1) is 19.0. The molecular weight excluding hydrogens is 328 g/mol. The SMILES string of the molecule is CC(C)CC(C)(CN)NS(=O)(=O)c1ccc2c(c1)OCO2.Cl. The van der Waals surface area contributed by atoms with E-state index in [0.717, 1.165) is 0 Å². The standard InChI is InChI=1S/C14H22N2O4S.ClH/c1-10(2)7-14(3,8-15)16-21(17,18)11-4-5-12-13(6-11)20-9-19-12;/h4-6,10,16H,7-9,15H2,1-3H3;1H. The Morgan fingerprint density at radius 1 is 1.32 bits per heavy atom. The maximum absolute atomic E-state index is 12.5. The smallest absolute Gasteiger partial charge is 0.241 e. The van der Waals surface area contributed by atoms with Crippen molar-refractivity contribution in [3.63, 3.8) is 0 Å². The highest BCUT2D eigenvalue weighted by atomic mass is 35.5. The van der Waals surface area contributed by atoms with Gasteiger partial charge in [-0.1, -0.05) is 13.8 Å². The summed E-state index contributed by atoms with van der Waals surface area (Å²) in [5.41, 5.74) is 5.08. The third-order valence-corrected chi connectivity index (χ3v) is 4.98. The summed E-state index contributed by atoms with van der Waals surface area (Å²) in [5.74, 6) is 1.33. The van der Waals surface area contributed by atoms with E-state index in [4.69, 9.17) is 15.2 Å². The molecule has 2 rings (SSSR count). The predicted octanol–water partition coefficient (Wildman–Crippen LogP) is 1.88. The molecule has 0 fully saturated rings. The summed E-state index contributed by atoms with van der Waals surface area (Å²) in [6, 6.07) is 4.57. The molecule has 0 saturated carbocycles. The fourth-order valence-electron chi connectivity index (χ4n) is 2.50. The average Bonchev–Trinajstić information content (AvgIpc) is 2.84. The molecule has 1 unspecified atom stereocenters. The average molecular weight is 351 g/mol. The van der Waals surface area contributed by atoms with Crippen molar-refractivity contribution in [1.82, 2.24) is 4.72 Å². The lowest BCUT2D eigenvalue weighted by atomic mass is 9.92. The van der Waals surface area contributed by atoms with E-state index in [1.165, 1.54) is 12.1 Å². The van der Waals surface area contributed by atoms with Gasteiger partial charge >= 0.3 is 0 Å². The summed E-state index contributed by atoms with van der Waals surface area (Å²) in [7, 11) is -3.66. The van der Waals surface area contributed by atoms with Crippen LogP contribution in [0.2, 0.25) is 0 Å². The topological polar surface area (TPSA) is 90.7 Å². The summed E-state index contributed by atoms with van der Waals surface area (Å²) >= 11 is 0. The first-order valence-electron chi connectivity index (χ1n) is 6.89. The summed E-state index contributed by atoms with van der Waals surface area (Å²) in [5, 5.41) is 0. The molecule has 1 aliphatic heterocycles. The van der Waals surface area contributed by atoms with E-state index in [0.29, 0.717) is 23.8 Å². The number of hydrogen-bond donors (Lipinski definition) is 2. The number of nitrogens with one attached hydrogen (secondary N) is 1. The number of nitrogens with two attached hydrogens (primary N) is 1. The summed E-state index contributed by atoms with van der Waals surface area (Å²) < 4.78 is 38.2. The molecule has 0 aliphatic carbocycles. The highest BCUT2D eigenvalue weighted by molar-refractivity contribution is 7.89. The van der Waals surface area contributed by atoms with Crippen LogP contribution in [0.4, 0.5) is 0 Å². The lowest BCUT2D eigenvalue weighted by Crippen LogP contribution is -2.51. The second kappa shape index (κ2) is 7.04. The molecule has 0 spiro atoms. The van der Waals surface area contributed by atoms with Crippen LogP contribution in [-0.2, 0) is 10.0 Å². The van der Waals surface area contributed by atoms with Gasteiger partial charge in [0.2, 0.25) is 16.8 Å². The Balaban J connectivity index is 0.00000242. The van der Waals surface area contributed by atoms with Gasteiger partial charge in [-0.3, -0.25) is 0 Å². The van der Waals surface area contributed by atoms with Crippen molar-refractivity contribution in [3.8, 4) is 11.5 Å². The number of rotatable bonds is 6.